The van der Waals surface area contributed by atoms with Gasteiger partial charge in [0.25, 0.3) is 0 Å². The van der Waals surface area contributed by atoms with Crippen molar-refractivity contribution in [3.8, 4) is 0 Å². The van der Waals surface area contributed by atoms with Gasteiger partial charge in [0.15, 0.2) is 0 Å². The van der Waals surface area contributed by atoms with Gasteiger partial charge in [0.1, 0.15) is 0 Å². The smallest absolute Gasteiger partial charge is 0.0183 e. The average molecular weight is 509 g/mol. The molecule has 0 nitrogen and oxygen atoms in total. The minimum atomic E-state index is 1.08. The topological polar surface area (TPSA) is 0 Å². The second kappa shape index (κ2) is 23.7. The quantitative estimate of drug-likeness (QED) is 0.257. The van der Waals surface area contributed by atoms with Gasteiger partial charge in [-0.05, 0) is 47.2 Å². The summed E-state index contributed by atoms with van der Waals surface area (Å²) in [5.41, 5.74) is 9.45. The van der Waals surface area contributed by atoms with Crippen LogP contribution in [0.2, 0.25) is 0 Å². The number of rotatable bonds is 4. The minimum Gasteiger partial charge on any atom is -0.0906 e. The molecule has 0 aliphatic rings. The van der Waals surface area contributed by atoms with E-state index in [0.717, 1.165) is 11.1 Å². The Morgan fingerprint density at radius 2 is 0.553 bits per heavy atom. The van der Waals surface area contributed by atoms with E-state index >= 15 is 0 Å². The Labute approximate surface area is 235 Å². The van der Waals surface area contributed by atoms with Gasteiger partial charge >= 0.3 is 0 Å². The molecule has 0 fully saturated rings. The Hall–Kier alpha value is -3.64. The van der Waals surface area contributed by atoms with Gasteiger partial charge in [-0.1, -0.05) is 189 Å². The van der Waals surface area contributed by atoms with Crippen LogP contribution < -0.4 is 0 Å². The second-order valence-corrected chi connectivity index (χ2v) is 7.42. The van der Waals surface area contributed by atoms with Crippen molar-refractivity contribution < 1.29 is 0 Å². The first-order valence-electron chi connectivity index (χ1n) is 14.2. The first-order chi connectivity index (χ1) is 18.5. The van der Waals surface area contributed by atoms with E-state index in [-0.39, 0.29) is 0 Å². The lowest BCUT2D eigenvalue weighted by Crippen LogP contribution is -1.85. The van der Waals surface area contributed by atoms with Gasteiger partial charge in [0.05, 0.1) is 0 Å². The number of benzene rings is 4. The monoisotopic (exact) mass is 508 g/mol. The molecule has 0 bridgehead atoms. The normalized spacial score (nSPS) is 8.47. The van der Waals surface area contributed by atoms with Crippen molar-refractivity contribution in [2.45, 2.75) is 69.2 Å². The molecule has 0 spiro atoms. The molecule has 0 aromatic heterocycles. The molecular formula is C38H52. The molecule has 0 aliphatic heterocycles. The van der Waals surface area contributed by atoms with Crippen LogP contribution in [0.1, 0.15) is 88.8 Å². The molecule has 38 heavy (non-hydrogen) atoms. The molecule has 204 valence electrons. The minimum absolute atomic E-state index is 1.08. The molecule has 4 aromatic carbocycles. The molecule has 0 radical (unpaired) electrons. The van der Waals surface area contributed by atoms with Crippen LogP contribution in [0.15, 0.2) is 122 Å². The summed E-state index contributed by atoms with van der Waals surface area (Å²) < 4.78 is 0. The third-order valence-electron chi connectivity index (χ3n) is 5.04. The third kappa shape index (κ3) is 13.6. The summed E-state index contributed by atoms with van der Waals surface area (Å²) in [6, 6.07) is 37.4. The van der Waals surface area contributed by atoms with Crippen LogP contribution in [0.3, 0.4) is 0 Å². The highest BCUT2D eigenvalue weighted by Crippen LogP contribution is 2.22. The maximum absolute atomic E-state index is 4.12. The van der Waals surface area contributed by atoms with Crippen LogP contribution in [0.5, 0.6) is 0 Å². The Morgan fingerprint density at radius 1 is 0.342 bits per heavy atom. The van der Waals surface area contributed by atoms with Crippen molar-refractivity contribution in [3.05, 3.63) is 156 Å². The zero-order chi connectivity index (χ0) is 29.3. The van der Waals surface area contributed by atoms with Crippen molar-refractivity contribution in [2.24, 2.45) is 0 Å². The van der Waals surface area contributed by atoms with E-state index in [0.29, 0.717) is 0 Å². The van der Waals surface area contributed by atoms with Crippen molar-refractivity contribution in [1.29, 1.82) is 0 Å². The van der Waals surface area contributed by atoms with Crippen LogP contribution in [-0.2, 0) is 0 Å². The van der Waals surface area contributed by atoms with Crippen LogP contribution >= 0.6 is 0 Å². The summed E-state index contributed by atoms with van der Waals surface area (Å²) in [5.74, 6) is 0. The van der Waals surface area contributed by atoms with Crippen molar-refractivity contribution in [1.82, 2.24) is 0 Å². The Morgan fingerprint density at radius 3 is 0.789 bits per heavy atom. The molecule has 4 rings (SSSR count). The number of aryl methyl sites for hydroxylation is 2. The predicted molar refractivity (Wildman–Crippen MR) is 177 cm³/mol. The van der Waals surface area contributed by atoms with E-state index in [9.17, 15) is 0 Å². The lowest BCUT2D eigenvalue weighted by molar-refractivity contribution is 1.45. The molecule has 0 heteroatoms. The fourth-order valence-corrected chi connectivity index (χ4v) is 3.12. The lowest BCUT2D eigenvalue weighted by atomic mass is 9.99. The van der Waals surface area contributed by atoms with E-state index in [1.54, 1.807) is 0 Å². The molecule has 0 N–H and O–H groups in total. The summed E-state index contributed by atoms with van der Waals surface area (Å²) in [6.07, 6.45) is 0. The zero-order valence-electron chi connectivity index (χ0n) is 25.8. The molecule has 0 heterocycles. The van der Waals surface area contributed by atoms with E-state index < -0.39 is 0 Å². The Bertz CT molecular complexity index is 991. The van der Waals surface area contributed by atoms with E-state index in [4.69, 9.17) is 0 Å². The number of hydrogen-bond acceptors (Lipinski definition) is 0. The highest BCUT2D eigenvalue weighted by atomic mass is 14.1. The van der Waals surface area contributed by atoms with Gasteiger partial charge in [-0.2, -0.15) is 0 Å². The van der Waals surface area contributed by atoms with Crippen molar-refractivity contribution in [2.75, 3.05) is 0 Å². The van der Waals surface area contributed by atoms with Crippen molar-refractivity contribution in [3.63, 3.8) is 0 Å². The molecule has 0 saturated heterocycles. The highest BCUT2D eigenvalue weighted by molar-refractivity contribution is 5.78. The van der Waals surface area contributed by atoms with Crippen LogP contribution in [0.4, 0.5) is 0 Å². The Balaban J connectivity index is 0. The fraction of sp³-hybridized carbons (Fsp3) is 0.263. The van der Waals surface area contributed by atoms with E-state index in [1.165, 1.54) is 33.4 Å². The first kappa shape index (κ1) is 36.5. The molecule has 0 unspecified atom stereocenters. The van der Waals surface area contributed by atoms with E-state index in [1.807, 2.05) is 91.8 Å². The molecule has 0 amide bonds. The van der Waals surface area contributed by atoms with Gasteiger partial charge in [0, 0.05) is 0 Å². The first-order valence-corrected chi connectivity index (χ1v) is 14.2. The largest absolute Gasteiger partial charge is 0.0906 e. The number of hydrogen-bond donors (Lipinski definition) is 0. The fourth-order valence-electron chi connectivity index (χ4n) is 3.12. The summed E-state index contributed by atoms with van der Waals surface area (Å²) in [7, 11) is 0. The summed E-state index contributed by atoms with van der Waals surface area (Å²) in [5, 5.41) is 0. The Kier molecular flexibility index (Phi) is 22.8. The maximum Gasteiger partial charge on any atom is -0.0183 e. The highest BCUT2D eigenvalue weighted by Gasteiger charge is 2.01. The lowest BCUT2D eigenvalue weighted by Gasteiger charge is -2.06. The van der Waals surface area contributed by atoms with Crippen LogP contribution in [-0.4, -0.2) is 0 Å². The van der Waals surface area contributed by atoms with Crippen LogP contribution in [0, 0.1) is 13.8 Å². The SMILES string of the molecule is C=C(c1ccccc1)c1ccc(C)cc1.C=C(c1ccccc1)c1ccc(C)cc1.CC.CC.CC.CC. The van der Waals surface area contributed by atoms with Gasteiger partial charge in [-0.25, -0.2) is 0 Å². The molecule has 0 aliphatic carbocycles. The van der Waals surface area contributed by atoms with Gasteiger partial charge in [-0.15, -0.1) is 0 Å². The molecule has 0 saturated carbocycles. The molecule has 0 atom stereocenters. The average Bonchev–Trinajstić information content (AvgIpc) is 3.02. The predicted octanol–water partition coefficient (Wildman–Crippen LogP) is 12.2. The summed E-state index contributed by atoms with van der Waals surface area (Å²) in [6.45, 7) is 28.4. The van der Waals surface area contributed by atoms with Gasteiger partial charge in [-0.3, -0.25) is 0 Å². The van der Waals surface area contributed by atoms with Gasteiger partial charge < -0.3 is 0 Å². The molecular weight excluding hydrogens is 456 g/mol. The summed E-state index contributed by atoms with van der Waals surface area (Å²) >= 11 is 0. The molecule has 4 aromatic rings. The third-order valence-corrected chi connectivity index (χ3v) is 5.04. The van der Waals surface area contributed by atoms with Crippen molar-refractivity contribution >= 4 is 11.1 Å². The standard InChI is InChI=1S/2C15H14.4C2H6/c2*1-12-8-10-15(11-9-12)13(2)14-6-4-3-5-7-14;4*1-2/h2*3-11H,2H2,1H3;4*1-2H3. The summed E-state index contributed by atoms with van der Waals surface area (Å²) in [4.78, 5) is 0. The van der Waals surface area contributed by atoms with E-state index in [2.05, 4.69) is 99.8 Å². The van der Waals surface area contributed by atoms with Gasteiger partial charge in [0.2, 0.25) is 0 Å². The zero-order valence-corrected chi connectivity index (χ0v) is 25.8. The second-order valence-electron chi connectivity index (χ2n) is 7.42. The maximum atomic E-state index is 4.12. The van der Waals surface area contributed by atoms with Crippen LogP contribution in [0.25, 0.3) is 11.1 Å².